The number of hydrogen-bond donors (Lipinski definition) is 2. The van der Waals surface area contributed by atoms with E-state index in [0.717, 1.165) is 24.6 Å². The van der Waals surface area contributed by atoms with Crippen LogP contribution in [0.1, 0.15) is 38.4 Å². The second-order valence-electron chi connectivity index (χ2n) is 5.45. The highest BCUT2D eigenvalue weighted by Gasteiger charge is 2.28. The smallest absolute Gasteiger partial charge is 0.136 e. The first kappa shape index (κ1) is 15.1. The molecule has 1 unspecified atom stereocenters. The molecule has 0 aliphatic rings. The number of H-pyrrole nitrogens is 1. The molecule has 1 atom stereocenters. The van der Waals surface area contributed by atoms with Crippen LogP contribution < -0.4 is 5.32 Å². The van der Waals surface area contributed by atoms with E-state index < -0.39 is 0 Å². The zero-order valence-corrected chi connectivity index (χ0v) is 12.0. The van der Waals surface area contributed by atoms with Crippen LogP contribution >= 0.6 is 0 Å². The first-order valence-corrected chi connectivity index (χ1v) is 6.25. The van der Waals surface area contributed by atoms with Gasteiger partial charge in [0.05, 0.1) is 6.61 Å². The highest BCUT2D eigenvalue weighted by atomic mass is 16.5. The van der Waals surface area contributed by atoms with Crippen molar-refractivity contribution in [2.45, 2.75) is 33.4 Å². The summed E-state index contributed by atoms with van der Waals surface area (Å²) in [4.78, 5) is 7.71. The molecule has 0 amide bonds. The van der Waals surface area contributed by atoms with Gasteiger partial charge in [0, 0.05) is 39.2 Å². The molecule has 0 aliphatic carbocycles. The van der Waals surface area contributed by atoms with Crippen LogP contribution in [0.25, 0.3) is 0 Å². The molecule has 0 bridgehead atoms. The van der Waals surface area contributed by atoms with Crippen molar-refractivity contribution in [3.8, 4) is 0 Å². The van der Waals surface area contributed by atoms with Gasteiger partial charge in [-0.1, -0.05) is 20.8 Å². The minimum atomic E-state index is -0.0229. The van der Waals surface area contributed by atoms with Gasteiger partial charge in [-0.25, -0.2) is 4.98 Å². The summed E-state index contributed by atoms with van der Waals surface area (Å²) >= 11 is 0. The minimum Gasteiger partial charge on any atom is -0.383 e. The maximum atomic E-state index is 5.52. The Morgan fingerprint density at radius 3 is 2.67 bits per heavy atom. The van der Waals surface area contributed by atoms with Crippen molar-refractivity contribution in [3.05, 3.63) is 17.7 Å². The van der Waals surface area contributed by atoms with Gasteiger partial charge in [-0.2, -0.15) is 0 Å². The summed E-state index contributed by atoms with van der Waals surface area (Å²) in [5, 5.41) is 3.27. The van der Waals surface area contributed by atoms with Gasteiger partial charge in [-0.3, -0.25) is 0 Å². The third-order valence-electron chi connectivity index (χ3n) is 2.72. The predicted molar refractivity (Wildman–Crippen MR) is 71.4 cm³/mol. The van der Waals surface area contributed by atoms with Gasteiger partial charge in [0.25, 0.3) is 0 Å². The second kappa shape index (κ2) is 6.87. The van der Waals surface area contributed by atoms with Gasteiger partial charge in [-0.15, -0.1) is 0 Å². The van der Waals surface area contributed by atoms with E-state index in [1.165, 1.54) is 0 Å². The number of nitrogens with zero attached hydrogens (tertiary/aromatic N) is 1. The van der Waals surface area contributed by atoms with Crippen molar-refractivity contribution in [2.24, 2.45) is 5.41 Å². The van der Waals surface area contributed by atoms with Gasteiger partial charge < -0.3 is 19.8 Å². The van der Waals surface area contributed by atoms with Gasteiger partial charge in [0.15, 0.2) is 0 Å². The largest absolute Gasteiger partial charge is 0.383 e. The number of nitrogens with one attached hydrogen (secondary N) is 2. The number of ether oxygens (including phenoxy) is 2. The SMILES string of the molecule is COCCNCc1cnc(C(OC)C(C)(C)C)[nH]1. The van der Waals surface area contributed by atoms with Crippen molar-refractivity contribution < 1.29 is 9.47 Å². The van der Waals surface area contributed by atoms with Crippen LogP contribution in [0.5, 0.6) is 0 Å². The first-order chi connectivity index (χ1) is 8.49. The Morgan fingerprint density at radius 1 is 1.39 bits per heavy atom. The number of rotatable bonds is 7. The fraction of sp³-hybridized carbons (Fsp3) is 0.769. The molecule has 1 aromatic rings. The van der Waals surface area contributed by atoms with E-state index in [-0.39, 0.29) is 11.5 Å². The lowest BCUT2D eigenvalue weighted by Crippen LogP contribution is -2.22. The van der Waals surface area contributed by atoms with E-state index >= 15 is 0 Å². The fourth-order valence-electron chi connectivity index (χ4n) is 1.87. The Morgan fingerprint density at radius 2 is 2.11 bits per heavy atom. The zero-order chi connectivity index (χ0) is 13.6. The predicted octanol–water partition coefficient (Wildman–Crippen LogP) is 1.88. The summed E-state index contributed by atoms with van der Waals surface area (Å²) in [6.07, 6.45) is 1.83. The van der Waals surface area contributed by atoms with E-state index in [9.17, 15) is 0 Å². The molecule has 18 heavy (non-hydrogen) atoms. The lowest BCUT2D eigenvalue weighted by molar-refractivity contribution is 0.00919. The molecule has 104 valence electrons. The summed E-state index contributed by atoms with van der Waals surface area (Å²) in [6, 6.07) is 0. The molecule has 1 heterocycles. The molecular formula is C13H25N3O2. The number of imidazole rings is 1. The second-order valence-corrected chi connectivity index (χ2v) is 5.45. The van der Waals surface area contributed by atoms with E-state index in [1.807, 2.05) is 6.20 Å². The summed E-state index contributed by atoms with van der Waals surface area (Å²) in [5.74, 6) is 0.883. The van der Waals surface area contributed by atoms with Crippen LogP contribution in [-0.4, -0.2) is 37.3 Å². The highest BCUT2D eigenvalue weighted by Crippen LogP contribution is 2.33. The minimum absolute atomic E-state index is 0.0212. The van der Waals surface area contributed by atoms with Crippen molar-refractivity contribution in [1.82, 2.24) is 15.3 Å². The molecule has 0 radical (unpaired) electrons. The lowest BCUT2D eigenvalue weighted by atomic mass is 9.88. The summed E-state index contributed by atoms with van der Waals surface area (Å²) in [6.45, 7) is 8.72. The van der Waals surface area contributed by atoms with Crippen molar-refractivity contribution in [2.75, 3.05) is 27.4 Å². The third-order valence-corrected chi connectivity index (χ3v) is 2.72. The molecule has 1 rings (SSSR count). The van der Waals surface area contributed by atoms with Crippen molar-refractivity contribution in [3.63, 3.8) is 0 Å². The van der Waals surface area contributed by atoms with Crippen LogP contribution in [0, 0.1) is 5.41 Å². The number of aromatic nitrogens is 2. The Kier molecular flexibility index (Phi) is 5.78. The lowest BCUT2D eigenvalue weighted by Gasteiger charge is -2.27. The van der Waals surface area contributed by atoms with Gasteiger partial charge >= 0.3 is 0 Å². The maximum Gasteiger partial charge on any atom is 0.136 e. The Balaban J connectivity index is 2.56. The number of hydrogen-bond acceptors (Lipinski definition) is 4. The molecule has 0 aromatic carbocycles. The Hall–Kier alpha value is -0.910. The van der Waals surface area contributed by atoms with Crippen LogP contribution in [0.15, 0.2) is 6.20 Å². The van der Waals surface area contributed by atoms with E-state index in [4.69, 9.17) is 9.47 Å². The Bertz CT molecular complexity index is 344. The molecule has 0 fully saturated rings. The van der Waals surface area contributed by atoms with E-state index in [2.05, 4.69) is 36.1 Å². The summed E-state index contributed by atoms with van der Waals surface area (Å²) in [7, 11) is 3.41. The maximum absolute atomic E-state index is 5.52. The van der Waals surface area contributed by atoms with Crippen molar-refractivity contribution >= 4 is 0 Å². The zero-order valence-electron chi connectivity index (χ0n) is 12.0. The quantitative estimate of drug-likeness (QED) is 0.730. The van der Waals surface area contributed by atoms with Crippen LogP contribution in [0.4, 0.5) is 0 Å². The van der Waals surface area contributed by atoms with E-state index in [0.29, 0.717) is 6.61 Å². The van der Waals surface area contributed by atoms with Gasteiger partial charge in [-0.05, 0) is 5.41 Å². The topological polar surface area (TPSA) is 59.2 Å². The molecule has 0 saturated carbocycles. The number of methoxy groups -OCH3 is 2. The third kappa shape index (κ3) is 4.40. The van der Waals surface area contributed by atoms with Crippen LogP contribution in [-0.2, 0) is 16.0 Å². The van der Waals surface area contributed by atoms with Crippen molar-refractivity contribution in [1.29, 1.82) is 0 Å². The van der Waals surface area contributed by atoms with Gasteiger partial charge in [0.1, 0.15) is 11.9 Å². The molecule has 0 saturated heterocycles. The average Bonchev–Trinajstić information content (AvgIpc) is 2.72. The highest BCUT2D eigenvalue weighted by molar-refractivity contribution is 5.05. The monoisotopic (exact) mass is 255 g/mol. The van der Waals surface area contributed by atoms with Gasteiger partial charge in [0.2, 0.25) is 0 Å². The molecule has 1 aromatic heterocycles. The number of aromatic amines is 1. The molecule has 2 N–H and O–H groups in total. The molecule has 0 aliphatic heterocycles. The Labute approximate surface area is 109 Å². The standard InChI is InChI=1S/C13H25N3O2/c1-13(2,3)11(18-5)12-15-9-10(16-12)8-14-6-7-17-4/h9,11,14H,6-8H2,1-5H3,(H,15,16). The summed E-state index contributed by atoms with van der Waals surface area (Å²) < 4.78 is 10.5. The normalized spacial score (nSPS) is 13.8. The molecule has 5 nitrogen and oxygen atoms in total. The van der Waals surface area contributed by atoms with Crippen LogP contribution in [0.3, 0.4) is 0 Å². The first-order valence-electron chi connectivity index (χ1n) is 6.25. The fourth-order valence-corrected chi connectivity index (χ4v) is 1.87. The summed E-state index contributed by atoms with van der Waals surface area (Å²) in [5.41, 5.74) is 1.08. The van der Waals surface area contributed by atoms with E-state index in [1.54, 1.807) is 14.2 Å². The molecular weight excluding hydrogens is 230 g/mol. The average molecular weight is 255 g/mol. The molecule has 0 spiro atoms. The molecule has 5 heteroatoms. The van der Waals surface area contributed by atoms with Crippen LogP contribution in [0.2, 0.25) is 0 Å².